The average Bonchev–Trinajstić information content (AvgIpc) is 3.24. The van der Waals surface area contributed by atoms with Gasteiger partial charge < -0.3 is 9.15 Å². The van der Waals surface area contributed by atoms with E-state index in [4.69, 9.17) is 9.15 Å². The number of hydrogen-bond donors (Lipinski definition) is 0. The Labute approximate surface area is 144 Å². The molecule has 25 heavy (non-hydrogen) atoms. The Morgan fingerprint density at radius 3 is 2.60 bits per heavy atom. The summed E-state index contributed by atoms with van der Waals surface area (Å²) in [6, 6.07) is 6.30. The van der Waals surface area contributed by atoms with Crippen LogP contribution in [-0.4, -0.2) is 48.9 Å². The van der Waals surface area contributed by atoms with Gasteiger partial charge in [0.05, 0.1) is 18.3 Å². The van der Waals surface area contributed by atoms with Crippen molar-refractivity contribution in [2.45, 2.75) is 24.4 Å². The van der Waals surface area contributed by atoms with E-state index in [-0.39, 0.29) is 30.3 Å². The third-order valence-corrected chi connectivity index (χ3v) is 6.04. The summed E-state index contributed by atoms with van der Waals surface area (Å²) in [5.41, 5.74) is 0.566. The Kier molecular flexibility index (Phi) is 3.89. The third-order valence-electron chi connectivity index (χ3n) is 4.77. The Morgan fingerprint density at radius 1 is 1.24 bits per heavy atom. The molecule has 0 radical (unpaired) electrons. The lowest BCUT2D eigenvalue weighted by Gasteiger charge is -2.29. The number of ether oxygens (including phenoxy) is 1. The third kappa shape index (κ3) is 3.07. The van der Waals surface area contributed by atoms with Gasteiger partial charge in [-0.3, -0.25) is 0 Å². The van der Waals surface area contributed by atoms with Crippen molar-refractivity contribution in [2.75, 3.05) is 26.0 Å². The number of halogens is 1. The fraction of sp³-hybridized carbons (Fsp3) is 0.500. The quantitative estimate of drug-likeness (QED) is 0.816. The molecule has 1 aromatic carbocycles. The molecule has 1 aliphatic carbocycles. The van der Waals surface area contributed by atoms with E-state index >= 15 is 0 Å². The SMILES string of the molecule is CS(=O)(=O)N1CCO[C@@H](c2nnc(C3(c4ccc(F)cc4)CC3)o2)C1. The minimum absolute atomic E-state index is 0.157. The number of hydrogen-bond acceptors (Lipinski definition) is 6. The predicted molar refractivity (Wildman–Crippen MR) is 85.8 cm³/mol. The molecule has 4 rings (SSSR count). The monoisotopic (exact) mass is 367 g/mol. The number of morpholine rings is 1. The largest absolute Gasteiger partial charge is 0.421 e. The average molecular weight is 367 g/mol. The number of nitrogens with zero attached hydrogens (tertiary/aromatic N) is 3. The predicted octanol–water partition coefficient (Wildman–Crippen LogP) is 1.62. The summed E-state index contributed by atoms with van der Waals surface area (Å²) in [7, 11) is -3.30. The van der Waals surface area contributed by atoms with Crippen LogP contribution in [0.3, 0.4) is 0 Å². The van der Waals surface area contributed by atoms with Gasteiger partial charge in [0.1, 0.15) is 11.9 Å². The number of benzene rings is 1. The molecule has 0 bridgehead atoms. The molecule has 1 saturated carbocycles. The highest BCUT2D eigenvalue weighted by molar-refractivity contribution is 7.88. The zero-order chi connectivity index (χ0) is 17.7. The van der Waals surface area contributed by atoms with E-state index in [0.29, 0.717) is 12.4 Å². The van der Waals surface area contributed by atoms with Crippen LogP contribution >= 0.6 is 0 Å². The molecule has 1 aromatic heterocycles. The molecule has 0 amide bonds. The summed E-state index contributed by atoms with van der Waals surface area (Å²) < 4.78 is 49.4. The van der Waals surface area contributed by atoms with Crippen LogP contribution in [0, 0.1) is 5.82 Å². The summed E-state index contributed by atoms with van der Waals surface area (Å²) in [4.78, 5) is 0. The van der Waals surface area contributed by atoms with Crippen LogP contribution < -0.4 is 0 Å². The fourth-order valence-corrected chi connectivity index (χ4v) is 3.97. The van der Waals surface area contributed by atoms with Crippen molar-refractivity contribution < 1.29 is 22.0 Å². The van der Waals surface area contributed by atoms with Gasteiger partial charge in [0.2, 0.25) is 21.8 Å². The van der Waals surface area contributed by atoms with E-state index < -0.39 is 16.1 Å². The highest BCUT2D eigenvalue weighted by atomic mass is 32.2. The van der Waals surface area contributed by atoms with E-state index in [1.807, 2.05) is 0 Å². The van der Waals surface area contributed by atoms with Gasteiger partial charge in [-0.2, -0.15) is 4.31 Å². The van der Waals surface area contributed by atoms with Crippen molar-refractivity contribution >= 4 is 10.0 Å². The highest BCUT2D eigenvalue weighted by Gasteiger charge is 2.51. The van der Waals surface area contributed by atoms with E-state index in [1.165, 1.54) is 22.7 Å². The molecule has 9 heteroatoms. The van der Waals surface area contributed by atoms with Crippen molar-refractivity contribution in [1.29, 1.82) is 0 Å². The fourth-order valence-electron chi connectivity index (χ4n) is 3.15. The summed E-state index contributed by atoms with van der Waals surface area (Å²) in [6.45, 7) is 0.748. The van der Waals surface area contributed by atoms with Crippen LogP contribution in [0.4, 0.5) is 4.39 Å². The lowest BCUT2D eigenvalue weighted by molar-refractivity contribution is -0.0177. The van der Waals surface area contributed by atoms with E-state index in [2.05, 4.69) is 10.2 Å². The second kappa shape index (κ2) is 5.86. The van der Waals surface area contributed by atoms with Crippen molar-refractivity contribution in [1.82, 2.24) is 14.5 Å². The first-order valence-electron chi connectivity index (χ1n) is 8.05. The first kappa shape index (κ1) is 16.6. The van der Waals surface area contributed by atoms with Crippen molar-refractivity contribution in [2.24, 2.45) is 0 Å². The van der Waals surface area contributed by atoms with Crippen LogP contribution in [0.2, 0.25) is 0 Å². The second-order valence-corrected chi connectivity index (χ2v) is 8.50. The molecule has 2 aliphatic rings. The maximum Gasteiger partial charge on any atom is 0.246 e. The van der Waals surface area contributed by atoms with Crippen molar-refractivity contribution in [3.63, 3.8) is 0 Å². The lowest BCUT2D eigenvalue weighted by Crippen LogP contribution is -2.41. The van der Waals surface area contributed by atoms with E-state index in [9.17, 15) is 12.8 Å². The first-order valence-corrected chi connectivity index (χ1v) is 9.90. The van der Waals surface area contributed by atoms with E-state index in [0.717, 1.165) is 18.4 Å². The number of sulfonamides is 1. The summed E-state index contributed by atoms with van der Waals surface area (Å²) in [6.07, 6.45) is 2.29. The first-order chi connectivity index (χ1) is 11.9. The van der Waals surface area contributed by atoms with Gasteiger partial charge in [0.25, 0.3) is 0 Å². The van der Waals surface area contributed by atoms with Gasteiger partial charge in [-0.25, -0.2) is 12.8 Å². The standard InChI is InChI=1S/C16H18FN3O4S/c1-25(21,22)20-8-9-23-13(10-20)14-18-19-15(24-14)16(6-7-16)11-2-4-12(17)5-3-11/h2-5,13H,6-10H2,1H3/t13-/m1/s1. The maximum atomic E-state index is 13.2. The maximum absolute atomic E-state index is 13.2. The molecule has 2 fully saturated rings. The van der Waals surface area contributed by atoms with Gasteiger partial charge >= 0.3 is 0 Å². The van der Waals surface area contributed by atoms with Gasteiger partial charge in [-0.05, 0) is 30.5 Å². The van der Waals surface area contributed by atoms with Crippen molar-refractivity contribution in [3.8, 4) is 0 Å². The molecule has 7 nitrogen and oxygen atoms in total. The molecular weight excluding hydrogens is 349 g/mol. The Hall–Kier alpha value is -1.84. The zero-order valence-corrected chi connectivity index (χ0v) is 14.5. The minimum Gasteiger partial charge on any atom is -0.421 e. The molecule has 1 saturated heterocycles. The molecular formula is C16H18FN3O4S. The van der Waals surface area contributed by atoms with Crippen LogP contribution in [0.1, 0.15) is 36.3 Å². The topological polar surface area (TPSA) is 85.5 Å². The van der Waals surface area contributed by atoms with Crippen LogP contribution in [0.15, 0.2) is 28.7 Å². The number of aromatic nitrogens is 2. The Balaban J connectivity index is 1.57. The molecule has 0 N–H and O–H groups in total. The minimum atomic E-state index is -3.30. The van der Waals surface area contributed by atoms with Crippen molar-refractivity contribution in [3.05, 3.63) is 47.4 Å². The van der Waals surface area contributed by atoms with Crippen LogP contribution in [0.5, 0.6) is 0 Å². The lowest BCUT2D eigenvalue weighted by atomic mass is 9.96. The van der Waals surface area contributed by atoms with Gasteiger partial charge in [0, 0.05) is 13.1 Å². The summed E-state index contributed by atoms with van der Waals surface area (Å²) >= 11 is 0. The van der Waals surface area contributed by atoms with Crippen LogP contribution in [0.25, 0.3) is 0 Å². The molecule has 1 atom stereocenters. The van der Waals surface area contributed by atoms with Gasteiger partial charge in [0.15, 0.2) is 0 Å². The molecule has 2 heterocycles. The molecule has 0 spiro atoms. The highest BCUT2D eigenvalue weighted by Crippen LogP contribution is 2.53. The smallest absolute Gasteiger partial charge is 0.246 e. The zero-order valence-electron chi connectivity index (χ0n) is 13.7. The molecule has 2 aromatic rings. The number of rotatable bonds is 4. The second-order valence-electron chi connectivity index (χ2n) is 6.51. The van der Waals surface area contributed by atoms with Crippen LogP contribution in [-0.2, 0) is 20.2 Å². The Bertz CT molecular complexity index is 877. The van der Waals surface area contributed by atoms with Gasteiger partial charge in [-0.15, -0.1) is 10.2 Å². The molecule has 134 valence electrons. The summed E-state index contributed by atoms with van der Waals surface area (Å²) in [5, 5.41) is 8.22. The summed E-state index contributed by atoms with van der Waals surface area (Å²) in [5.74, 6) is 0.452. The normalized spacial score (nSPS) is 23.5. The molecule has 1 aliphatic heterocycles. The van der Waals surface area contributed by atoms with E-state index in [1.54, 1.807) is 12.1 Å². The Morgan fingerprint density at radius 2 is 1.96 bits per heavy atom. The van der Waals surface area contributed by atoms with Gasteiger partial charge in [-0.1, -0.05) is 12.1 Å². The molecule has 0 unspecified atom stereocenters.